The molecule has 2 N–H and O–H groups in total. The van der Waals surface area contributed by atoms with Gasteiger partial charge in [-0.1, -0.05) is 0 Å². The topological polar surface area (TPSA) is 82.1 Å². The number of amides is 2. The van der Waals surface area contributed by atoms with Crippen LogP contribution >= 0.6 is 0 Å². The van der Waals surface area contributed by atoms with Gasteiger partial charge >= 0.3 is 12.0 Å². The molecule has 0 spiro atoms. The Bertz CT molecular complexity index is 360. The van der Waals surface area contributed by atoms with Gasteiger partial charge in [0.05, 0.1) is 19.1 Å². The fourth-order valence-corrected chi connectivity index (χ4v) is 2.37. The number of ether oxygens (including phenoxy) is 1. The minimum atomic E-state index is -0.900. The highest BCUT2D eigenvalue weighted by molar-refractivity contribution is 5.74. The zero-order valence-corrected chi connectivity index (χ0v) is 11.9. The van der Waals surface area contributed by atoms with Crippen molar-refractivity contribution in [3.05, 3.63) is 0 Å². The van der Waals surface area contributed by atoms with Gasteiger partial charge in [0.25, 0.3) is 0 Å². The number of nitrogens with zero attached hydrogens (tertiary/aromatic N) is 2. The summed E-state index contributed by atoms with van der Waals surface area (Å²) in [5.41, 5.74) is 0. The first-order valence-electron chi connectivity index (χ1n) is 7.12. The number of nitrogens with one attached hydrogen (secondary N) is 1. The van der Waals surface area contributed by atoms with E-state index < -0.39 is 12.1 Å². The van der Waals surface area contributed by atoms with Gasteiger partial charge < -0.3 is 25.0 Å². The lowest BCUT2D eigenvalue weighted by Crippen LogP contribution is -2.51. The monoisotopic (exact) mass is 285 g/mol. The molecule has 0 aromatic rings. The molecule has 1 atom stereocenters. The van der Waals surface area contributed by atoms with Crippen LogP contribution in [0.5, 0.6) is 0 Å². The molecule has 7 heteroatoms. The van der Waals surface area contributed by atoms with Gasteiger partial charge in [0.2, 0.25) is 0 Å². The molecular formula is C13H23N3O4. The normalized spacial score (nSPS) is 22.9. The van der Waals surface area contributed by atoms with Crippen LogP contribution in [0.15, 0.2) is 0 Å². The lowest BCUT2D eigenvalue weighted by molar-refractivity contribution is -0.141. The van der Waals surface area contributed by atoms with E-state index in [1.165, 1.54) is 12.8 Å². The smallest absolute Gasteiger partial charge is 0.317 e. The average molecular weight is 285 g/mol. The first-order chi connectivity index (χ1) is 9.56. The molecule has 1 saturated heterocycles. The lowest BCUT2D eigenvalue weighted by atomic mass is 10.2. The molecule has 1 heterocycles. The molecule has 20 heavy (non-hydrogen) atoms. The first-order valence-corrected chi connectivity index (χ1v) is 7.12. The maximum Gasteiger partial charge on any atom is 0.317 e. The second kappa shape index (κ2) is 6.90. The zero-order valence-electron chi connectivity index (χ0n) is 11.9. The van der Waals surface area contributed by atoms with Crippen LogP contribution in [0.25, 0.3) is 0 Å². The van der Waals surface area contributed by atoms with E-state index in [4.69, 9.17) is 9.84 Å². The molecule has 7 nitrogen and oxygen atoms in total. The van der Waals surface area contributed by atoms with Gasteiger partial charge in [0.15, 0.2) is 0 Å². The number of morpholine rings is 1. The van der Waals surface area contributed by atoms with Crippen LogP contribution in [0.1, 0.15) is 19.3 Å². The van der Waals surface area contributed by atoms with E-state index in [-0.39, 0.29) is 12.5 Å². The SMILES string of the molecule is CN(CCNC(=O)N1CCOC(CC(=O)O)C1)C1CC1. The summed E-state index contributed by atoms with van der Waals surface area (Å²) in [6.45, 7) is 2.72. The maximum atomic E-state index is 12.0. The van der Waals surface area contributed by atoms with Crippen LogP contribution in [-0.2, 0) is 9.53 Å². The molecule has 0 bridgehead atoms. The Morgan fingerprint density at radius 2 is 2.20 bits per heavy atom. The third-order valence-corrected chi connectivity index (χ3v) is 3.74. The second-order valence-electron chi connectivity index (χ2n) is 5.48. The van der Waals surface area contributed by atoms with Crippen molar-refractivity contribution in [3.8, 4) is 0 Å². The molecule has 1 aliphatic carbocycles. The minimum Gasteiger partial charge on any atom is -0.481 e. The predicted molar refractivity (Wildman–Crippen MR) is 72.6 cm³/mol. The first kappa shape index (κ1) is 15.1. The standard InChI is InChI=1S/C13H23N3O4/c1-15(10-2-3-10)5-4-14-13(19)16-6-7-20-11(9-16)8-12(17)18/h10-11H,2-9H2,1H3,(H,14,19)(H,17,18). The number of rotatable bonds is 6. The average Bonchev–Trinajstić information content (AvgIpc) is 3.22. The molecule has 1 aliphatic heterocycles. The molecular weight excluding hydrogens is 262 g/mol. The Labute approximate surface area is 118 Å². The Balaban J connectivity index is 1.66. The summed E-state index contributed by atoms with van der Waals surface area (Å²) < 4.78 is 5.34. The molecule has 0 aromatic carbocycles. The molecule has 0 radical (unpaired) electrons. The molecule has 114 valence electrons. The van der Waals surface area contributed by atoms with E-state index >= 15 is 0 Å². The molecule has 1 saturated carbocycles. The van der Waals surface area contributed by atoms with E-state index in [0.29, 0.717) is 32.3 Å². The van der Waals surface area contributed by atoms with Crippen LogP contribution in [-0.4, -0.2) is 78.9 Å². The molecule has 2 amide bonds. The van der Waals surface area contributed by atoms with Gasteiger partial charge in [-0.05, 0) is 19.9 Å². The number of carbonyl (C=O) groups is 2. The van der Waals surface area contributed by atoms with Crippen molar-refractivity contribution < 1.29 is 19.4 Å². The maximum absolute atomic E-state index is 12.0. The molecule has 1 unspecified atom stereocenters. The number of likely N-dealkylation sites (N-methyl/N-ethyl adjacent to an activating group) is 1. The van der Waals surface area contributed by atoms with Gasteiger partial charge in [0.1, 0.15) is 0 Å². The number of carboxylic acid groups (broad SMARTS) is 1. The summed E-state index contributed by atoms with van der Waals surface area (Å²) in [7, 11) is 2.07. The number of hydrogen-bond acceptors (Lipinski definition) is 4. The summed E-state index contributed by atoms with van der Waals surface area (Å²) in [4.78, 5) is 26.5. The van der Waals surface area contributed by atoms with Crippen molar-refractivity contribution in [2.45, 2.75) is 31.4 Å². The van der Waals surface area contributed by atoms with Crippen LogP contribution in [0.2, 0.25) is 0 Å². The largest absolute Gasteiger partial charge is 0.481 e. The van der Waals surface area contributed by atoms with Crippen LogP contribution in [0.3, 0.4) is 0 Å². The minimum absolute atomic E-state index is 0.0613. The van der Waals surface area contributed by atoms with E-state index in [0.717, 1.165) is 6.54 Å². The van der Waals surface area contributed by atoms with Crippen LogP contribution in [0, 0.1) is 0 Å². The van der Waals surface area contributed by atoms with Crippen molar-refractivity contribution in [2.24, 2.45) is 0 Å². The third-order valence-electron chi connectivity index (χ3n) is 3.74. The summed E-state index contributed by atoms with van der Waals surface area (Å²) >= 11 is 0. The fourth-order valence-electron chi connectivity index (χ4n) is 2.37. The van der Waals surface area contributed by atoms with Crippen molar-refractivity contribution in [2.75, 3.05) is 39.8 Å². The summed E-state index contributed by atoms with van der Waals surface area (Å²) in [5, 5.41) is 11.6. The number of carbonyl (C=O) groups excluding carboxylic acids is 1. The predicted octanol–water partition coefficient (Wildman–Crippen LogP) is -0.0343. The van der Waals surface area contributed by atoms with E-state index in [1.54, 1.807) is 4.90 Å². The van der Waals surface area contributed by atoms with E-state index in [2.05, 4.69) is 17.3 Å². The van der Waals surface area contributed by atoms with E-state index in [9.17, 15) is 9.59 Å². The summed E-state index contributed by atoms with van der Waals surface area (Å²) in [6, 6.07) is 0.558. The second-order valence-corrected chi connectivity index (χ2v) is 5.48. The zero-order chi connectivity index (χ0) is 14.5. The highest BCUT2D eigenvalue weighted by Crippen LogP contribution is 2.24. The van der Waals surface area contributed by atoms with Gasteiger partial charge in [-0.3, -0.25) is 4.79 Å². The number of urea groups is 1. The van der Waals surface area contributed by atoms with Crippen molar-refractivity contribution >= 4 is 12.0 Å². The van der Waals surface area contributed by atoms with E-state index in [1.807, 2.05) is 0 Å². The van der Waals surface area contributed by atoms with Crippen molar-refractivity contribution in [1.29, 1.82) is 0 Å². The van der Waals surface area contributed by atoms with Gasteiger partial charge in [-0.15, -0.1) is 0 Å². The Hall–Kier alpha value is -1.34. The molecule has 2 rings (SSSR count). The number of carboxylic acids is 1. The molecule has 2 aliphatic rings. The van der Waals surface area contributed by atoms with Crippen molar-refractivity contribution in [1.82, 2.24) is 15.1 Å². The van der Waals surface area contributed by atoms with Gasteiger partial charge in [-0.2, -0.15) is 0 Å². The highest BCUT2D eigenvalue weighted by atomic mass is 16.5. The number of hydrogen-bond donors (Lipinski definition) is 2. The van der Waals surface area contributed by atoms with Crippen LogP contribution < -0.4 is 5.32 Å². The third kappa shape index (κ3) is 4.64. The Morgan fingerprint density at radius 3 is 2.85 bits per heavy atom. The molecule has 0 aromatic heterocycles. The van der Waals surface area contributed by atoms with Gasteiger partial charge in [0, 0.05) is 32.2 Å². The fraction of sp³-hybridized carbons (Fsp3) is 0.846. The number of aliphatic carboxylic acids is 1. The van der Waals surface area contributed by atoms with Crippen LogP contribution in [0.4, 0.5) is 4.79 Å². The summed E-state index contributed by atoms with van der Waals surface area (Å²) in [5.74, 6) is -0.900. The summed E-state index contributed by atoms with van der Waals surface area (Å²) in [6.07, 6.45) is 2.05. The van der Waals surface area contributed by atoms with Gasteiger partial charge in [-0.25, -0.2) is 4.79 Å². The highest BCUT2D eigenvalue weighted by Gasteiger charge is 2.27. The Morgan fingerprint density at radius 1 is 1.45 bits per heavy atom. The van der Waals surface area contributed by atoms with Crippen molar-refractivity contribution in [3.63, 3.8) is 0 Å². The lowest BCUT2D eigenvalue weighted by Gasteiger charge is -2.32. The quantitative estimate of drug-likeness (QED) is 0.716. The molecule has 2 fully saturated rings. The Kier molecular flexibility index (Phi) is 5.19.